The Kier molecular flexibility index (Phi) is 3.62. The fourth-order valence-electron chi connectivity index (χ4n) is 1.43. The summed E-state index contributed by atoms with van der Waals surface area (Å²) >= 11 is 3.11. The van der Waals surface area contributed by atoms with Gasteiger partial charge in [-0.05, 0) is 27.2 Å². The topological polar surface area (TPSA) is 34.1 Å². The second kappa shape index (κ2) is 4.20. The summed E-state index contributed by atoms with van der Waals surface area (Å²) in [6.07, 6.45) is 2.98. The Bertz CT molecular complexity index is 414. The van der Waals surface area contributed by atoms with E-state index in [1.54, 1.807) is 6.08 Å². The van der Waals surface area contributed by atoms with Crippen molar-refractivity contribution in [3.05, 3.63) is 21.8 Å². The highest BCUT2D eigenvalue weighted by molar-refractivity contribution is 9.12. The van der Waals surface area contributed by atoms with E-state index in [1.807, 2.05) is 0 Å². The molecule has 0 amide bonds. The number of carbonyl (C=O) groups is 2. The van der Waals surface area contributed by atoms with Crippen LogP contribution in [0.1, 0.15) is 0 Å². The van der Waals surface area contributed by atoms with E-state index in [4.69, 9.17) is 0 Å². The highest BCUT2D eigenvalue weighted by Gasteiger charge is 2.43. The van der Waals surface area contributed by atoms with Crippen molar-refractivity contribution >= 4 is 42.7 Å². The van der Waals surface area contributed by atoms with Crippen LogP contribution in [0.3, 0.4) is 0 Å². The lowest BCUT2D eigenvalue weighted by Gasteiger charge is -2.37. The lowest BCUT2D eigenvalue weighted by molar-refractivity contribution is -0.114. The molecule has 88 valence electrons. The molecule has 0 unspecified atom stereocenters. The van der Waals surface area contributed by atoms with Crippen molar-refractivity contribution in [1.82, 2.24) is 0 Å². The van der Waals surface area contributed by atoms with Crippen molar-refractivity contribution in [2.45, 2.75) is 32.7 Å². The smallest absolute Gasteiger partial charge is 0.192 e. The van der Waals surface area contributed by atoms with Crippen molar-refractivity contribution < 1.29 is 9.59 Å². The summed E-state index contributed by atoms with van der Waals surface area (Å²) in [5, 5.41) is 0.792. The Morgan fingerprint density at radius 3 is 1.88 bits per heavy atom. The Morgan fingerprint density at radius 2 is 1.44 bits per heavy atom. The van der Waals surface area contributed by atoms with E-state index in [9.17, 15) is 9.59 Å². The number of ketones is 2. The van der Waals surface area contributed by atoms with Crippen molar-refractivity contribution in [2.24, 2.45) is 0 Å². The van der Waals surface area contributed by atoms with Crippen LogP contribution in [-0.4, -0.2) is 26.7 Å². The van der Waals surface area contributed by atoms with Gasteiger partial charge in [-0.1, -0.05) is 32.7 Å². The normalized spacial score (nSPS) is 18.4. The van der Waals surface area contributed by atoms with Crippen molar-refractivity contribution in [1.29, 1.82) is 0 Å². The molecular formula is C11H17BrO2Si2. The van der Waals surface area contributed by atoms with E-state index in [-0.39, 0.29) is 11.6 Å². The molecule has 0 N–H and O–H groups in total. The molecule has 0 atom stereocenters. The molecule has 0 radical (unpaired) electrons. The predicted molar refractivity (Wildman–Crippen MR) is 75.9 cm³/mol. The third-order valence-corrected chi connectivity index (χ3v) is 21.7. The molecule has 0 aromatic carbocycles. The summed E-state index contributed by atoms with van der Waals surface area (Å²) in [7, 11) is -3.19. The molecule has 0 spiro atoms. The number of hydrogen-bond donors (Lipinski definition) is 0. The van der Waals surface area contributed by atoms with Crippen LogP contribution in [0.4, 0.5) is 0 Å². The van der Waals surface area contributed by atoms with Crippen LogP contribution in [0, 0.1) is 0 Å². The van der Waals surface area contributed by atoms with Crippen LogP contribution in [0.2, 0.25) is 32.7 Å². The first-order valence-corrected chi connectivity index (χ1v) is 13.5. The first-order valence-electron chi connectivity index (χ1n) is 5.25. The number of halogens is 1. The van der Waals surface area contributed by atoms with Gasteiger partial charge in [0.15, 0.2) is 11.6 Å². The molecule has 0 aromatic heterocycles. The molecule has 5 heteroatoms. The minimum absolute atomic E-state index is 0.0190. The van der Waals surface area contributed by atoms with Crippen LogP contribution in [0.5, 0.6) is 0 Å². The number of rotatable bonds is 2. The van der Waals surface area contributed by atoms with Gasteiger partial charge < -0.3 is 0 Å². The summed E-state index contributed by atoms with van der Waals surface area (Å²) in [4.78, 5) is 23.6. The lowest BCUT2D eigenvalue weighted by Crippen LogP contribution is -2.56. The molecule has 0 bridgehead atoms. The van der Waals surface area contributed by atoms with Crippen molar-refractivity contribution in [2.75, 3.05) is 0 Å². The first-order chi connectivity index (χ1) is 7.07. The molecule has 1 rings (SSSR count). The average Bonchev–Trinajstić information content (AvgIpc) is 2.09. The molecular weight excluding hydrogens is 300 g/mol. The maximum atomic E-state index is 12.0. The monoisotopic (exact) mass is 316 g/mol. The zero-order chi connectivity index (χ0) is 12.7. The third kappa shape index (κ3) is 2.36. The van der Waals surface area contributed by atoms with E-state index in [0.29, 0.717) is 4.48 Å². The van der Waals surface area contributed by atoms with Crippen LogP contribution in [-0.2, 0) is 9.59 Å². The molecule has 2 nitrogen and oxygen atoms in total. The fraction of sp³-hybridized carbons (Fsp3) is 0.455. The maximum absolute atomic E-state index is 12.0. The molecule has 1 aliphatic carbocycles. The highest BCUT2D eigenvalue weighted by atomic mass is 79.9. The van der Waals surface area contributed by atoms with Gasteiger partial charge in [0, 0.05) is 13.7 Å². The Balaban J connectivity index is 3.22. The second-order valence-electron chi connectivity index (χ2n) is 5.65. The number of allylic oxidation sites excluding steroid dienone is 4. The minimum Gasteiger partial charge on any atom is -0.290 e. The minimum atomic E-state index is -1.77. The van der Waals surface area contributed by atoms with Crippen LogP contribution < -0.4 is 0 Å². The molecule has 0 saturated carbocycles. The van der Waals surface area contributed by atoms with E-state index in [0.717, 1.165) is 5.20 Å². The maximum Gasteiger partial charge on any atom is 0.192 e. The van der Waals surface area contributed by atoms with Gasteiger partial charge in [-0.25, -0.2) is 0 Å². The Morgan fingerprint density at radius 1 is 0.938 bits per heavy atom. The fourth-order valence-corrected chi connectivity index (χ4v) is 6.75. The Hall–Kier alpha value is -0.266. The summed E-state index contributed by atoms with van der Waals surface area (Å²) in [5.41, 5.74) is 0. The molecule has 16 heavy (non-hydrogen) atoms. The van der Waals surface area contributed by atoms with Gasteiger partial charge in [0.05, 0.1) is 12.1 Å². The number of hydrogen-bond acceptors (Lipinski definition) is 2. The van der Waals surface area contributed by atoms with Crippen molar-refractivity contribution in [3.63, 3.8) is 0 Å². The SMILES string of the molecule is C[Si](C)(C)[Si](C)(C)C1=CC(=O)C(Br)=CC1=O. The molecule has 0 heterocycles. The molecule has 1 aliphatic rings. The van der Waals surface area contributed by atoms with Gasteiger partial charge >= 0.3 is 0 Å². The van der Waals surface area contributed by atoms with E-state index >= 15 is 0 Å². The van der Waals surface area contributed by atoms with Gasteiger partial charge in [-0.2, -0.15) is 0 Å². The Labute approximate surface area is 107 Å². The molecule has 0 saturated heterocycles. The van der Waals surface area contributed by atoms with Gasteiger partial charge in [-0.15, -0.1) is 0 Å². The highest BCUT2D eigenvalue weighted by Crippen LogP contribution is 2.30. The zero-order valence-corrected chi connectivity index (χ0v) is 13.9. The lowest BCUT2D eigenvalue weighted by atomic mass is 10.2. The van der Waals surface area contributed by atoms with Gasteiger partial charge in [0.25, 0.3) is 0 Å². The predicted octanol–water partition coefficient (Wildman–Crippen LogP) is 3.01. The van der Waals surface area contributed by atoms with Crippen molar-refractivity contribution in [3.8, 4) is 0 Å². The molecule has 0 fully saturated rings. The quantitative estimate of drug-likeness (QED) is 0.579. The molecule has 0 aromatic rings. The van der Waals surface area contributed by atoms with Gasteiger partial charge in [0.2, 0.25) is 0 Å². The molecule has 0 aliphatic heterocycles. The first kappa shape index (κ1) is 13.8. The number of carbonyl (C=O) groups excluding carboxylic acids is 2. The van der Waals surface area contributed by atoms with Crippen LogP contribution in [0.15, 0.2) is 21.8 Å². The largest absolute Gasteiger partial charge is 0.290 e. The standard InChI is InChI=1S/C11H17BrO2Si2/c1-15(2,3)16(4,5)11-7-9(13)8(12)6-10(11)14/h6-7H,1-5H3. The summed E-state index contributed by atoms with van der Waals surface area (Å²) in [6.45, 7) is 11.2. The van der Waals surface area contributed by atoms with Gasteiger partial charge in [-0.3, -0.25) is 9.59 Å². The van der Waals surface area contributed by atoms with Crippen LogP contribution in [0.25, 0.3) is 0 Å². The average molecular weight is 317 g/mol. The third-order valence-electron chi connectivity index (χ3n) is 3.58. The summed E-state index contributed by atoms with van der Waals surface area (Å²) < 4.78 is 0.377. The summed E-state index contributed by atoms with van der Waals surface area (Å²) in [6, 6.07) is 0. The summed E-state index contributed by atoms with van der Waals surface area (Å²) in [5.74, 6) is -0.0565. The zero-order valence-electron chi connectivity index (χ0n) is 10.3. The van der Waals surface area contributed by atoms with Crippen LogP contribution >= 0.6 is 15.9 Å². The second-order valence-corrected chi connectivity index (χ2v) is 23.0. The van der Waals surface area contributed by atoms with E-state index < -0.39 is 15.2 Å². The van der Waals surface area contributed by atoms with E-state index in [2.05, 4.69) is 48.7 Å². The van der Waals surface area contributed by atoms with E-state index in [1.165, 1.54) is 6.08 Å². The van der Waals surface area contributed by atoms with Gasteiger partial charge in [0.1, 0.15) is 0 Å².